The summed E-state index contributed by atoms with van der Waals surface area (Å²) < 4.78 is 30.3. The summed E-state index contributed by atoms with van der Waals surface area (Å²) in [7, 11) is -4.22. The molecular formula is C9H11NO4S. The normalized spacial score (nSPS) is 11.1. The zero-order chi connectivity index (χ0) is 11.5. The van der Waals surface area contributed by atoms with Gasteiger partial charge in [-0.1, -0.05) is 13.0 Å². The number of nitrogens with one attached hydrogen (secondary N) is 1. The molecule has 2 N–H and O–H groups in total. The monoisotopic (exact) mass is 229 g/mol. The third-order valence-electron chi connectivity index (χ3n) is 1.74. The number of hydrogen-bond donors (Lipinski definition) is 2. The third kappa shape index (κ3) is 3.34. The van der Waals surface area contributed by atoms with Crippen LogP contribution in [0, 0.1) is 0 Å². The standard InChI is InChI=1S/C9H11NO4S/c1-2-9(11)10-7-4-3-5-8(6-7)15(12,13)14/h3-6H,2H2,1H3,(H,10,11)(H,12,13,14). The lowest BCUT2D eigenvalue weighted by Crippen LogP contribution is -2.10. The van der Waals surface area contributed by atoms with Gasteiger partial charge in [0.15, 0.2) is 0 Å². The van der Waals surface area contributed by atoms with E-state index in [0.717, 1.165) is 0 Å². The highest BCUT2D eigenvalue weighted by atomic mass is 32.2. The summed E-state index contributed by atoms with van der Waals surface area (Å²) in [4.78, 5) is 10.8. The molecule has 0 radical (unpaired) electrons. The molecule has 5 nitrogen and oxygen atoms in total. The Hall–Kier alpha value is -1.40. The first-order valence-corrected chi connectivity index (χ1v) is 5.75. The van der Waals surface area contributed by atoms with Crippen molar-refractivity contribution in [1.29, 1.82) is 0 Å². The first kappa shape index (κ1) is 11.7. The van der Waals surface area contributed by atoms with E-state index in [1.165, 1.54) is 18.2 Å². The first-order valence-electron chi connectivity index (χ1n) is 4.31. The van der Waals surface area contributed by atoms with Crippen molar-refractivity contribution in [2.45, 2.75) is 18.2 Å². The van der Waals surface area contributed by atoms with E-state index < -0.39 is 10.1 Å². The van der Waals surface area contributed by atoms with E-state index in [1.54, 1.807) is 13.0 Å². The zero-order valence-electron chi connectivity index (χ0n) is 8.10. The summed E-state index contributed by atoms with van der Waals surface area (Å²) in [5.74, 6) is -0.220. The van der Waals surface area contributed by atoms with Gasteiger partial charge in [0.2, 0.25) is 5.91 Å². The van der Waals surface area contributed by atoms with E-state index in [4.69, 9.17) is 4.55 Å². The van der Waals surface area contributed by atoms with Crippen LogP contribution >= 0.6 is 0 Å². The summed E-state index contributed by atoms with van der Waals surface area (Å²) in [5, 5.41) is 2.49. The fourth-order valence-corrected chi connectivity index (χ4v) is 1.51. The lowest BCUT2D eigenvalue weighted by atomic mass is 10.3. The van der Waals surface area contributed by atoms with Crippen molar-refractivity contribution in [3.05, 3.63) is 24.3 Å². The van der Waals surface area contributed by atoms with Crippen molar-refractivity contribution in [3.8, 4) is 0 Å². The Morgan fingerprint density at radius 3 is 2.67 bits per heavy atom. The number of carbonyl (C=O) groups excluding carboxylic acids is 1. The van der Waals surface area contributed by atoms with Gasteiger partial charge in [0.1, 0.15) is 0 Å². The number of rotatable bonds is 3. The molecule has 0 aliphatic heterocycles. The molecule has 6 heteroatoms. The Morgan fingerprint density at radius 2 is 2.13 bits per heavy atom. The van der Waals surface area contributed by atoms with Crippen LogP contribution in [0.2, 0.25) is 0 Å². The lowest BCUT2D eigenvalue weighted by Gasteiger charge is -2.04. The molecule has 82 valence electrons. The van der Waals surface area contributed by atoms with Crippen molar-refractivity contribution in [3.63, 3.8) is 0 Å². The Bertz CT molecular complexity index is 467. The molecule has 0 unspecified atom stereocenters. The molecule has 0 saturated heterocycles. The van der Waals surface area contributed by atoms with Crippen molar-refractivity contribution in [2.24, 2.45) is 0 Å². The minimum atomic E-state index is -4.22. The van der Waals surface area contributed by atoms with Gasteiger partial charge in [-0.25, -0.2) is 0 Å². The molecule has 1 rings (SSSR count). The van der Waals surface area contributed by atoms with E-state index >= 15 is 0 Å². The minimum absolute atomic E-state index is 0.220. The topological polar surface area (TPSA) is 83.5 Å². The third-order valence-corrected chi connectivity index (χ3v) is 2.59. The largest absolute Gasteiger partial charge is 0.326 e. The molecule has 0 atom stereocenters. The highest BCUT2D eigenvalue weighted by Crippen LogP contribution is 2.15. The van der Waals surface area contributed by atoms with Crippen LogP contribution in [-0.2, 0) is 14.9 Å². The number of carbonyl (C=O) groups is 1. The van der Waals surface area contributed by atoms with Crippen LogP contribution in [0.25, 0.3) is 0 Å². The average Bonchev–Trinajstić information content (AvgIpc) is 2.17. The Morgan fingerprint density at radius 1 is 1.47 bits per heavy atom. The van der Waals surface area contributed by atoms with Crippen LogP contribution < -0.4 is 5.32 Å². The molecule has 0 heterocycles. The molecule has 0 fully saturated rings. The van der Waals surface area contributed by atoms with E-state index in [9.17, 15) is 13.2 Å². The molecule has 0 aliphatic rings. The zero-order valence-corrected chi connectivity index (χ0v) is 8.91. The SMILES string of the molecule is CCC(=O)Nc1cccc(S(=O)(=O)O)c1. The van der Waals surface area contributed by atoms with Gasteiger partial charge >= 0.3 is 0 Å². The second-order valence-corrected chi connectivity index (χ2v) is 4.33. The van der Waals surface area contributed by atoms with Crippen LogP contribution in [0.15, 0.2) is 29.2 Å². The smallest absolute Gasteiger partial charge is 0.294 e. The number of hydrogen-bond acceptors (Lipinski definition) is 3. The lowest BCUT2D eigenvalue weighted by molar-refractivity contribution is -0.115. The highest BCUT2D eigenvalue weighted by molar-refractivity contribution is 7.85. The van der Waals surface area contributed by atoms with Gasteiger partial charge in [-0.05, 0) is 18.2 Å². The van der Waals surface area contributed by atoms with Gasteiger partial charge in [-0.2, -0.15) is 8.42 Å². The second kappa shape index (κ2) is 4.41. The molecule has 0 bridgehead atoms. The quantitative estimate of drug-likeness (QED) is 0.765. The summed E-state index contributed by atoms with van der Waals surface area (Å²) >= 11 is 0. The van der Waals surface area contributed by atoms with Crippen LogP contribution in [0.5, 0.6) is 0 Å². The minimum Gasteiger partial charge on any atom is -0.326 e. The number of amides is 1. The molecular weight excluding hydrogens is 218 g/mol. The molecule has 0 saturated carbocycles. The summed E-state index contributed by atoms with van der Waals surface area (Å²) in [5.41, 5.74) is 0.344. The Balaban J connectivity index is 2.99. The van der Waals surface area contributed by atoms with Crippen molar-refractivity contribution < 1.29 is 17.8 Å². The van der Waals surface area contributed by atoms with Gasteiger partial charge < -0.3 is 5.32 Å². The van der Waals surface area contributed by atoms with Crippen LogP contribution in [0.3, 0.4) is 0 Å². The maximum absolute atomic E-state index is 11.0. The molecule has 0 aliphatic carbocycles. The first-order chi connectivity index (χ1) is 6.93. The summed E-state index contributed by atoms with van der Waals surface area (Å²) in [6.45, 7) is 1.68. The van der Waals surface area contributed by atoms with Crippen molar-refractivity contribution in [2.75, 3.05) is 5.32 Å². The van der Waals surface area contributed by atoms with Crippen LogP contribution in [0.4, 0.5) is 5.69 Å². The fourth-order valence-electron chi connectivity index (χ4n) is 0.984. The van der Waals surface area contributed by atoms with E-state index in [2.05, 4.69) is 5.32 Å². The van der Waals surface area contributed by atoms with Gasteiger partial charge in [-0.15, -0.1) is 0 Å². The second-order valence-electron chi connectivity index (χ2n) is 2.90. The maximum Gasteiger partial charge on any atom is 0.294 e. The molecule has 0 aromatic heterocycles. The number of benzene rings is 1. The van der Waals surface area contributed by atoms with Gasteiger partial charge in [0.05, 0.1) is 4.90 Å². The maximum atomic E-state index is 11.0. The predicted molar refractivity (Wildman–Crippen MR) is 55.2 cm³/mol. The van der Waals surface area contributed by atoms with Gasteiger partial charge in [0, 0.05) is 12.1 Å². The van der Waals surface area contributed by atoms with E-state index in [0.29, 0.717) is 12.1 Å². The van der Waals surface area contributed by atoms with Crippen molar-refractivity contribution in [1.82, 2.24) is 0 Å². The van der Waals surface area contributed by atoms with Crippen molar-refractivity contribution >= 4 is 21.7 Å². The molecule has 1 aromatic carbocycles. The van der Waals surface area contributed by atoms with E-state index in [1.807, 2.05) is 0 Å². The summed E-state index contributed by atoms with van der Waals surface area (Å²) in [6, 6.07) is 5.43. The fraction of sp³-hybridized carbons (Fsp3) is 0.222. The number of anilines is 1. The van der Waals surface area contributed by atoms with Crippen LogP contribution in [-0.4, -0.2) is 18.9 Å². The molecule has 1 amide bonds. The highest BCUT2D eigenvalue weighted by Gasteiger charge is 2.09. The predicted octanol–water partition coefficient (Wildman–Crippen LogP) is 1.28. The molecule has 15 heavy (non-hydrogen) atoms. The summed E-state index contributed by atoms with van der Waals surface area (Å²) in [6.07, 6.45) is 0.302. The Labute approximate surface area is 87.9 Å². The molecule has 0 spiro atoms. The van der Waals surface area contributed by atoms with Gasteiger partial charge in [0.25, 0.3) is 10.1 Å². The van der Waals surface area contributed by atoms with Gasteiger partial charge in [-0.3, -0.25) is 9.35 Å². The molecule has 1 aromatic rings. The van der Waals surface area contributed by atoms with Crippen LogP contribution in [0.1, 0.15) is 13.3 Å². The van der Waals surface area contributed by atoms with E-state index in [-0.39, 0.29) is 10.8 Å². The Kier molecular flexibility index (Phi) is 3.43. The average molecular weight is 229 g/mol.